The molecule has 1 saturated heterocycles. The number of benzene rings is 1. The first-order chi connectivity index (χ1) is 8.65. The molecule has 1 fully saturated rings. The number of nitrogens with zero attached hydrogens (tertiary/aromatic N) is 1. The maximum absolute atomic E-state index is 12.1. The predicted octanol–water partition coefficient (Wildman–Crippen LogP) is 0.976. The van der Waals surface area contributed by atoms with Crippen molar-refractivity contribution in [2.24, 2.45) is 0 Å². The minimum Gasteiger partial charge on any atom is -0.319 e. The minimum absolute atomic E-state index is 0.100. The van der Waals surface area contributed by atoms with E-state index in [0.29, 0.717) is 5.56 Å². The fourth-order valence-corrected chi connectivity index (χ4v) is 1.77. The number of hydrogen-bond donors (Lipinski definition) is 1. The van der Waals surface area contributed by atoms with Crippen LogP contribution in [0.5, 0.6) is 0 Å². The molecule has 0 spiro atoms. The van der Waals surface area contributed by atoms with Crippen LogP contribution in [0.15, 0.2) is 43.0 Å². The second-order valence-corrected chi connectivity index (χ2v) is 3.85. The summed E-state index contributed by atoms with van der Waals surface area (Å²) in [5.41, 5.74) is 0.400. The zero-order valence-corrected chi connectivity index (χ0v) is 9.63. The Balaban J connectivity index is 2.21. The van der Waals surface area contributed by atoms with Gasteiger partial charge in [-0.1, -0.05) is 36.4 Å². The quantitative estimate of drug-likeness (QED) is 0.371. The molecule has 1 atom stereocenters. The predicted molar refractivity (Wildman–Crippen MR) is 65.0 cm³/mol. The maximum atomic E-state index is 12.1. The topological polar surface area (TPSA) is 66.5 Å². The maximum Gasteiger partial charge on any atom is 0.325 e. The number of carbonyl (C=O) groups excluding carboxylic acids is 3. The van der Waals surface area contributed by atoms with Crippen molar-refractivity contribution in [2.75, 3.05) is 6.54 Å². The molecule has 5 nitrogen and oxygen atoms in total. The lowest BCUT2D eigenvalue weighted by molar-refractivity contribution is -0.126. The molecule has 2 rings (SSSR count). The molecule has 1 aliphatic heterocycles. The van der Waals surface area contributed by atoms with E-state index in [9.17, 15) is 14.4 Å². The summed E-state index contributed by atoms with van der Waals surface area (Å²) in [5.74, 6) is -0.936. The molecule has 1 aromatic carbocycles. The van der Waals surface area contributed by atoms with Crippen molar-refractivity contribution < 1.29 is 14.4 Å². The average Bonchev–Trinajstić information content (AvgIpc) is 2.67. The van der Waals surface area contributed by atoms with Crippen LogP contribution in [0.4, 0.5) is 4.79 Å². The van der Waals surface area contributed by atoms with E-state index in [1.807, 2.05) is 0 Å². The van der Waals surface area contributed by atoms with Gasteiger partial charge in [0.15, 0.2) is 11.8 Å². The number of urea groups is 1. The lowest BCUT2D eigenvalue weighted by atomic mass is 10.0. The van der Waals surface area contributed by atoms with E-state index in [2.05, 4.69) is 11.9 Å². The van der Waals surface area contributed by atoms with E-state index < -0.39 is 23.8 Å². The molecule has 5 heteroatoms. The smallest absolute Gasteiger partial charge is 0.319 e. The van der Waals surface area contributed by atoms with E-state index in [1.165, 1.54) is 6.08 Å². The van der Waals surface area contributed by atoms with Crippen molar-refractivity contribution in [1.29, 1.82) is 0 Å². The summed E-state index contributed by atoms with van der Waals surface area (Å²) in [4.78, 5) is 36.4. The third-order valence-corrected chi connectivity index (χ3v) is 2.66. The minimum atomic E-state index is -1.13. The third-order valence-electron chi connectivity index (χ3n) is 2.66. The van der Waals surface area contributed by atoms with E-state index >= 15 is 0 Å². The van der Waals surface area contributed by atoms with Gasteiger partial charge in [-0.3, -0.25) is 14.5 Å². The Hall–Kier alpha value is -2.43. The Bertz CT molecular complexity index is 510. The van der Waals surface area contributed by atoms with Crippen LogP contribution in [0.25, 0.3) is 0 Å². The Labute approximate surface area is 104 Å². The Morgan fingerprint density at radius 2 is 2.00 bits per heavy atom. The summed E-state index contributed by atoms with van der Waals surface area (Å²) < 4.78 is 0. The normalized spacial score (nSPS) is 18.7. The molecule has 0 radical (unpaired) electrons. The summed E-state index contributed by atoms with van der Waals surface area (Å²) in [6.07, 6.45) is 1.44. The van der Waals surface area contributed by atoms with Crippen LogP contribution in [0.1, 0.15) is 10.4 Å². The zero-order chi connectivity index (χ0) is 13.1. The van der Waals surface area contributed by atoms with Gasteiger partial charge in [-0.2, -0.15) is 0 Å². The summed E-state index contributed by atoms with van der Waals surface area (Å²) in [6.45, 7) is 3.56. The van der Waals surface area contributed by atoms with Crippen LogP contribution in [-0.2, 0) is 4.79 Å². The van der Waals surface area contributed by atoms with Crippen LogP contribution < -0.4 is 5.32 Å². The lowest BCUT2D eigenvalue weighted by Crippen LogP contribution is -2.37. The van der Waals surface area contributed by atoms with Crippen molar-refractivity contribution >= 4 is 17.7 Å². The molecule has 0 saturated carbocycles. The highest BCUT2D eigenvalue weighted by Crippen LogP contribution is 2.12. The van der Waals surface area contributed by atoms with Gasteiger partial charge >= 0.3 is 6.03 Å². The first-order valence-corrected chi connectivity index (χ1v) is 5.47. The summed E-state index contributed by atoms with van der Waals surface area (Å²) in [5, 5.41) is 2.38. The number of amides is 3. The van der Waals surface area contributed by atoms with Crippen molar-refractivity contribution in [3.05, 3.63) is 48.6 Å². The largest absolute Gasteiger partial charge is 0.325 e. The van der Waals surface area contributed by atoms with E-state index in [0.717, 1.165) is 4.90 Å². The highest BCUT2D eigenvalue weighted by atomic mass is 16.2. The molecular formula is C13H12N2O3. The van der Waals surface area contributed by atoms with Gasteiger partial charge in [-0.15, -0.1) is 6.58 Å². The first-order valence-electron chi connectivity index (χ1n) is 5.47. The van der Waals surface area contributed by atoms with Crippen LogP contribution >= 0.6 is 0 Å². The molecular weight excluding hydrogens is 232 g/mol. The molecule has 0 bridgehead atoms. The van der Waals surface area contributed by atoms with Crippen molar-refractivity contribution in [3.63, 3.8) is 0 Å². The van der Waals surface area contributed by atoms with Gasteiger partial charge < -0.3 is 5.32 Å². The molecule has 0 aliphatic carbocycles. The number of ketones is 1. The average molecular weight is 244 g/mol. The number of imide groups is 1. The van der Waals surface area contributed by atoms with Gasteiger partial charge in [-0.25, -0.2) is 4.79 Å². The molecule has 1 aromatic rings. The molecule has 3 amide bonds. The monoisotopic (exact) mass is 244 g/mol. The number of carbonyl (C=O) groups is 3. The number of Topliss-reactive ketones (excluding diaryl/α,β-unsaturated/α-hetero) is 1. The van der Waals surface area contributed by atoms with Gasteiger partial charge in [-0.05, 0) is 0 Å². The number of nitrogens with one attached hydrogen (secondary N) is 1. The molecule has 1 N–H and O–H groups in total. The SMILES string of the molecule is C=CCN1C(=O)NC(C(=O)c2ccccc2)C1=O. The van der Waals surface area contributed by atoms with Crippen molar-refractivity contribution in [2.45, 2.75) is 6.04 Å². The van der Waals surface area contributed by atoms with Crippen LogP contribution in [0.2, 0.25) is 0 Å². The van der Waals surface area contributed by atoms with Gasteiger partial charge in [0.05, 0.1) is 0 Å². The summed E-state index contributed by atoms with van der Waals surface area (Å²) >= 11 is 0. The zero-order valence-electron chi connectivity index (χ0n) is 9.63. The van der Waals surface area contributed by atoms with Crippen LogP contribution in [0, 0.1) is 0 Å². The molecule has 1 unspecified atom stereocenters. The number of rotatable bonds is 4. The summed E-state index contributed by atoms with van der Waals surface area (Å²) in [7, 11) is 0. The highest BCUT2D eigenvalue weighted by Gasteiger charge is 2.41. The molecule has 0 aromatic heterocycles. The Morgan fingerprint density at radius 3 is 2.61 bits per heavy atom. The van der Waals surface area contributed by atoms with Gasteiger partial charge in [0.25, 0.3) is 5.91 Å². The summed E-state index contributed by atoms with van der Waals surface area (Å²) in [6, 6.07) is 6.71. The van der Waals surface area contributed by atoms with Crippen molar-refractivity contribution in [3.8, 4) is 0 Å². The van der Waals surface area contributed by atoms with Crippen LogP contribution in [-0.4, -0.2) is 35.2 Å². The molecule has 92 valence electrons. The molecule has 1 aliphatic rings. The molecule has 18 heavy (non-hydrogen) atoms. The second-order valence-electron chi connectivity index (χ2n) is 3.85. The van der Waals surface area contributed by atoms with Crippen molar-refractivity contribution in [1.82, 2.24) is 10.2 Å². The molecule has 1 heterocycles. The first kappa shape index (κ1) is 12.0. The fraction of sp³-hybridized carbons (Fsp3) is 0.154. The number of hydrogen-bond acceptors (Lipinski definition) is 3. The lowest BCUT2D eigenvalue weighted by Gasteiger charge is -2.09. The Morgan fingerprint density at radius 1 is 1.33 bits per heavy atom. The third kappa shape index (κ3) is 2.02. The van der Waals surface area contributed by atoms with E-state index in [-0.39, 0.29) is 6.54 Å². The van der Waals surface area contributed by atoms with E-state index in [1.54, 1.807) is 30.3 Å². The van der Waals surface area contributed by atoms with E-state index in [4.69, 9.17) is 0 Å². The van der Waals surface area contributed by atoms with Gasteiger partial charge in [0.2, 0.25) is 0 Å². The second kappa shape index (κ2) is 4.83. The van der Waals surface area contributed by atoms with Crippen LogP contribution in [0.3, 0.4) is 0 Å². The Kier molecular flexibility index (Phi) is 3.23. The van der Waals surface area contributed by atoms with Gasteiger partial charge in [0.1, 0.15) is 0 Å². The van der Waals surface area contributed by atoms with Gasteiger partial charge in [0, 0.05) is 12.1 Å². The standard InChI is InChI=1S/C13H12N2O3/c1-2-8-15-12(17)10(14-13(15)18)11(16)9-6-4-3-5-7-9/h2-7,10H,1,8H2,(H,14,18). The fourth-order valence-electron chi connectivity index (χ4n) is 1.77. The highest BCUT2D eigenvalue weighted by molar-refractivity contribution is 6.21.